The van der Waals surface area contributed by atoms with Crippen LogP contribution in [-0.4, -0.2) is 43.2 Å². The first-order valence-electron chi connectivity index (χ1n) is 7.06. The Hall–Kier alpha value is -1.55. The van der Waals surface area contributed by atoms with Crippen molar-refractivity contribution in [1.82, 2.24) is 4.90 Å². The van der Waals surface area contributed by atoms with Crippen LogP contribution in [0, 0.1) is 6.92 Å². The van der Waals surface area contributed by atoms with Crippen molar-refractivity contribution >= 4 is 5.91 Å². The highest BCUT2D eigenvalue weighted by molar-refractivity contribution is 5.78. The van der Waals surface area contributed by atoms with Gasteiger partial charge in [0.15, 0.2) is 0 Å². The first-order valence-corrected chi connectivity index (χ1v) is 7.06. The fourth-order valence-electron chi connectivity index (χ4n) is 2.05. The zero-order valence-corrected chi connectivity index (χ0v) is 12.7. The number of benzene rings is 1. The summed E-state index contributed by atoms with van der Waals surface area (Å²) < 4.78 is 5.27. The summed E-state index contributed by atoms with van der Waals surface area (Å²) in [7, 11) is 3.47. The van der Waals surface area contributed by atoms with Crippen LogP contribution in [0.5, 0.6) is 5.75 Å². The van der Waals surface area contributed by atoms with Crippen LogP contribution in [0.2, 0.25) is 0 Å². The van der Waals surface area contributed by atoms with Gasteiger partial charge in [0, 0.05) is 20.2 Å². The smallest absolute Gasteiger partial charge is 0.226 e. The average Bonchev–Trinajstić information content (AvgIpc) is 2.45. The highest BCUT2D eigenvalue weighted by atomic mass is 16.5. The number of aliphatic hydroxyl groups is 1. The Bertz CT molecular complexity index is 432. The molecule has 20 heavy (non-hydrogen) atoms. The molecule has 4 heteroatoms. The van der Waals surface area contributed by atoms with Gasteiger partial charge in [-0.1, -0.05) is 12.1 Å². The molecule has 1 rings (SSSR count). The Morgan fingerprint density at radius 3 is 2.70 bits per heavy atom. The van der Waals surface area contributed by atoms with Crippen LogP contribution in [0.25, 0.3) is 0 Å². The zero-order valence-electron chi connectivity index (χ0n) is 12.7. The molecule has 0 atom stereocenters. The molecule has 1 N–H and O–H groups in total. The summed E-state index contributed by atoms with van der Waals surface area (Å²) in [5.74, 6) is 0.931. The topological polar surface area (TPSA) is 49.8 Å². The van der Waals surface area contributed by atoms with Gasteiger partial charge in [-0.3, -0.25) is 4.79 Å². The Kier molecular flexibility index (Phi) is 7.09. The van der Waals surface area contributed by atoms with Gasteiger partial charge in [0.25, 0.3) is 0 Å². The second kappa shape index (κ2) is 8.59. The molecule has 0 spiro atoms. The summed E-state index contributed by atoms with van der Waals surface area (Å²) in [6, 6.07) is 5.87. The van der Waals surface area contributed by atoms with E-state index in [1.54, 1.807) is 12.0 Å². The number of nitrogens with zero attached hydrogens (tertiary/aromatic N) is 1. The summed E-state index contributed by atoms with van der Waals surface area (Å²) in [5.41, 5.74) is 2.04. The number of unbranched alkanes of at least 4 members (excludes halogenated alkanes) is 2. The molecule has 112 valence electrons. The van der Waals surface area contributed by atoms with Crippen LogP contribution < -0.4 is 4.74 Å². The van der Waals surface area contributed by atoms with E-state index in [1.165, 1.54) is 0 Å². The maximum Gasteiger partial charge on any atom is 0.226 e. The molecule has 0 saturated carbocycles. The molecule has 0 aromatic heterocycles. The van der Waals surface area contributed by atoms with E-state index in [2.05, 4.69) is 0 Å². The van der Waals surface area contributed by atoms with Crippen molar-refractivity contribution in [2.24, 2.45) is 0 Å². The van der Waals surface area contributed by atoms with Gasteiger partial charge in [-0.05, 0) is 43.4 Å². The van der Waals surface area contributed by atoms with E-state index in [0.717, 1.165) is 42.7 Å². The summed E-state index contributed by atoms with van der Waals surface area (Å²) in [6.45, 7) is 2.94. The number of hydrogen-bond donors (Lipinski definition) is 1. The van der Waals surface area contributed by atoms with Gasteiger partial charge in [0.1, 0.15) is 5.75 Å². The third-order valence-electron chi connectivity index (χ3n) is 3.41. The van der Waals surface area contributed by atoms with Crippen molar-refractivity contribution < 1.29 is 14.6 Å². The molecule has 1 aromatic carbocycles. The number of likely N-dealkylation sites (N-methyl/N-ethyl adjacent to an activating group) is 1. The minimum atomic E-state index is 0.111. The van der Waals surface area contributed by atoms with Gasteiger partial charge >= 0.3 is 0 Å². The molecule has 0 radical (unpaired) electrons. The number of carbonyl (C=O) groups is 1. The number of amides is 1. The van der Waals surface area contributed by atoms with Crippen molar-refractivity contribution in [2.75, 3.05) is 27.3 Å². The molecular weight excluding hydrogens is 254 g/mol. The zero-order chi connectivity index (χ0) is 15.0. The van der Waals surface area contributed by atoms with E-state index in [0.29, 0.717) is 6.42 Å². The summed E-state index contributed by atoms with van der Waals surface area (Å²) in [4.78, 5) is 13.9. The average molecular weight is 279 g/mol. The van der Waals surface area contributed by atoms with Crippen LogP contribution in [0.1, 0.15) is 30.4 Å². The monoisotopic (exact) mass is 279 g/mol. The van der Waals surface area contributed by atoms with Gasteiger partial charge in [0.2, 0.25) is 5.91 Å². The second-order valence-corrected chi connectivity index (χ2v) is 5.08. The molecule has 0 aliphatic heterocycles. The lowest BCUT2D eigenvalue weighted by molar-refractivity contribution is -0.129. The van der Waals surface area contributed by atoms with Crippen molar-refractivity contribution in [3.05, 3.63) is 29.3 Å². The predicted octanol–water partition coefficient (Wildman–Crippen LogP) is 2.17. The number of hydrogen-bond acceptors (Lipinski definition) is 3. The van der Waals surface area contributed by atoms with Crippen molar-refractivity contribution in [3.8, 4) is 5.75 Å². The fourth-order valence-corrected chi connectivity index (χ4v) is 2.05. The van der Waals surface area contributed by atoms with E-state index in [9.17, 15) is 4.79 Å². The number of ether oxygens (including phenoxy) is 1. The minimum absolute atomic E-state index is 0.111. The van der Waals surface area contributed by atoms with Crippen LogP contribution in [-0.2, 0) is 11.2 Å². The Morgan fingerprint density at radius 1 is 1.30 bits per heavy atom. The first kappa shape index (κ1) is 16.5. The van der Waals surface area contributed by atoms with E-state index < -0.39 is 0 Å². The third-order valence-corrected chi connectivity index (χ3v) is 3.41. The van der Waals surface area contributed by atoms with Crippen molar-refractivity contribution in [1.29, 1.82) is 0 Å². The Balaban J connectivity index is 2.48. The lowest BCUT2D eigenvalue weighted by Crippen LogP contribution is -2.29. The third kappa shape index (κ3) is 5.21. The molecule has 0 bridgehead atoms. The highest BCUT2D eigenvalue weighted by Gasteiger charge is 2.10. The highest BCUT2D eigenvalue weighted by Crippen LogP contribution is 2.19. The maximum atomic E-state index is 12.1. The quantitative estimate of drug-likeness (QED) is 0.742. The van der Waals surface area contributed by atoms with Crippen LogP contribution in [0.4, 0.5) is 0 Å². The lowest BCUT2D eigenvalue weighted by atomic mass is 10.1. The summed E-state index contributed by atoms with van der Waals surface area (Å²) >= 11 is 0. The van der Waals surface area contributed by atoms with Gasteiger partial charge in [-0.15, -0.1) is 0 Å². The summed E-state index contributed by atoms with van der Waals surface area (Å²) in [6.07, 6.45) is 3.08. The van der Waals surface area contributed by atoms with E-state index >= 15 is 0 Å². The van der Waals surface area contributed by atoms with E-state index in [1.807, 2.05) is 32.2 Å². The Morgan fingerprint density at radius 2 is 2.05 bits per heavy atom. The van der Waals surface area contributed by atoms with Crippen molar-refractivity contribution in [2.45, 2.75) is 32.6 Å². The Labute approximate surface area is 121 Å². The number of aliphatic hydroxyl groups excluding tert-OH is 1. The van der Waals surface area contributed by atoms with E-state index in [-0.39, 0.29) is 12.5 Å². The van der Waals surface area contributed by atoms with Crippen LogP contribution >= 0.6 is 0 Å². The van der Waals surface area contributed by atoms with Gasteiger partial charge in [0.05, 0.1) is 13.5 Å². The van der Waals surface area contributed by atoms with Crippen LogP contribution in [0.3, 0.4) is 0 Å². The molecule has 1 amide bonds. The van der Waals surface area contributed by atoms with Gasteiger partial charge in [-0.25, -0.2) is 0 Å². The maximum absolute atomic E-state index is 12.1. The largest absolute Gasteiger partial charge is 0.496 e. The van der Waals surface area contributed by atoms with E-state index in [4.69, 9.17) is 9.84 Å². The lowest BCUT2D eigenvalue weighted by Gasteiger charge is -2.17. The number of carbonyl (C=O) groups excluding carboxylic acids is 1. The molecule has 0 saturated heterocycles. The molecule has 4 nitrogen and oxygen atoms in total. The number of rotatable bonds is 8. The normalized spacial score (nSPS) is 10.4. The number of aryl methyl sites for hydroxylation is 1. The predicted molar refractivity (Wildman–Crippen MR) is 80.0 cm³/mol. The molecule has 0 unspecified atom stereocenters. The first-order chi connectivity index (χ1) is 9.58. The molecule has 1 aromatic rings. The van der Waals surface area contributed by atoms with Crippen molar-refractivity contribution in [3.63, 3.8) is 0 Å². The van der Waals surface area contributed by atoms with Crippen LogP contribution in [0.15, 0.2) is 18.2 Å². The second-order valence-electron chi connectivity index (χ2n) is 5.08. The standard InChI is InChI=1S/C16H25NO3/c1-13-7-8-14(11-15(13)20-3)12-16(19)17(2)9-5-4-6-10-18/h7-8,11,18H,4-6,9-10,12H2,1-3H3. The molecular formula is C16H25NO3. The molecule has 0 aliphatic rings. The fraction of sp³-hybridized carbons (Fsp3) is 0.562. The molecule has 0 fully saturated rings. The SMILES string of the molecule is COc1cc(CC(=O)N(C)CCCCCO)ccc1C. The summed E-state index contributed by atoms with van der Waals surface area (Å²) in [5, 5.41) is 8.71. The minimum Gasteiger partial charge on any atom is -0.496 e. The molecule has 0 heterocycles. The van der Waals surface area contributed by atoms with Gasteiger partial charge in [-0.2, -0.15) is 0 Å². The number of methoxy groups -OCH3 is 1. The van der Waals surface area contributed by atoms with Gasteiger partial charge < -0.3 is 14.7 Å². The molecule has 0 aliphatic carbocycles.